The number of hydrogen-bond acceptors (Lipinski definition) is 2. The Hall–Kier alpha value is -0.630. The predicted molar refractivity (Wildman–Crippen MR) is 96.4 cm³/mol. The number of aliphatic hydroxyl groups is 1. The van der Waals surface area contributed by atoms with Gasteiger partial charge in [0.15, 0.2) is 5.78 Å². The van der Waals surface area contributed by atoms with Gasteiger partial charge in [-0.05, 0) is 78.9 Å². The predicted octanol–water partition coefficient (Wildman–Crippen LogP) is 4.76. The number of Topliss-reactive ketones (excluding diaryl/α,β-unsaturated/α-hetero) is 1. The number of ketones is 1. The van der Waals surface area contributed by atoms with Gasteiger partial charge in [0.05, 0.1) is 6.61 Å². The minimum Gasteiger partial charge on any atom is -0.392 e. The number of hydrogen-bond donors (Lipinski definition) is 1. The van der Waals surface area contributed by atoms with Crippen molar-refractivity contribution < 1.29 is 9.90 Å². The molecule has 0 spiro atoms. The van der Waals surface area contributed by atoms with Gasteiger partial charge in [0.25, 0.3) is 0 Å². The zero-order valence-electron chi connectivity index (χ0n) is 15.7. The van der Waals surface area contributed by atoms with Gasteiger partial charge in [-0.2, -0.15) is 0 Å². The molecule has 0 unspecified atom stereocenters. The molecule has 4 aliphatic rings. The molecule has 0 heterocycles. The van der Waals surface area contributed by atoms with E-state index in [9.17, 15) is 9.90 Å². The third-order valence-electron chi connectivity index (χ3n) is 9.10. The van der Waals surface area contributed by atoms with Crippen LogP contribution in [-0.2, 0) is 4.79 Å². The molecule has 0 aromatic carbocycles. The van der Waals surface area contributed by atoms with Crippen LogP contribution in [0.2, 0.25) is 0 Å². The van der Waals surface area contributed by atoms with Gasteiger partial charge in [-0.3, -0.25) is 4.79 Å². The van der Waals surface area contributed by atoms with E-state index in [0.717, 1.165) is 23.7 Å². The van der Waals surface area contributed by atoms with Crippen molar-refractivity contribution >= 4 is 5.78 Å². The number of fused-ring (bicyclic) bond motifs is 5. The van der Waals surface area contributed by atoms with Gasteiger partial charge >= 0.3 is 0 Å². The molecule has 0 aromatic rings. The maximum atomic E-state index is 12.3. The lowest BCUT2D eigenvalue weighted by Gasteiger charge is -2.59. The van der Waals surface area contributed by atoms with E-state index in [-0.39, 0.29) is 17.8 Å². The van der Waals surface area contributed by atoms with Crippen LogP contribution < -0.4 is 0 Å². The minimum atomic E-state index is -0.0718. The van der Waals surface area contributed by atoms with E-state index >= 15 is 0 Å². The molecule has 4 rings (SSSR count). The molecule has 0 amide bonds. The lowest BCUT2D eigenvalue weighted by atomic mass is 9.45. The summed E-state index contributed by atoms with van der Waals surface area (Å²) in [6, 6.07) is 0. The van der Waals surface area contributed by atoms with E-state index in [1.165, 1.54) is 44.9 Å². The first-order chi connectivity index (χ1) is 11.4. The number of rotatable bonds is 2. The molecule has 2 heteroatoms. The Labute approximate surface area is 147 Å². The van der Waals surface area contributed by atoms with Crippen LogP contribution in [0, 0.1) is 40.4 Å². The number of aliphatic hydroxyl groups excluding tert-OH is 1. The highest BCUT2D eigenvalue weighted by Gasteiger charge is 2.59. The fraction of sp³-hybridized carbons (Fsp3) is 0.864. The quantitative estimate of drug-likeness (QED) is 0.792. The first kappa shape index (κ1) is 16.8. The Balaban J connectivity index is 1.68. The second-order valence-electron chi connectivity index (χ2n) is 9.70. The SMILES string of the molecule is CC[C@H]1CC[C@H]2[C@@H]3CC[C@H]4CC(=O)C(CO)=C[C@]4(C)[C@H]3CC[C@]12C. The maximum absolute atomic E-state index is 12.3. The van der Waals surface area contributed by atoms with Crippen molar-refractivity contribution in [3.63, 3.8) is 0 Å². The molecule has 0 aliphatic heterocycles. The maximum Gasteiger partial charge on any atom is 0.161 e. The van der Waals surface area contributed by atoms with Gasteiger partial charge in [0, 0.05) is 12.0 Å². The zero-order chi connectivity index (χ0) is 17.1. The number of carbonyl (C=O) groups excluding carboxylic acids is 1. The fourth-order valence-corrected chi connectivity index (χ4v) is 7.74. The Bertz CT molecular complexity index is 564. The van der Waals surface area contributed by atoms with E-state index < -0.39 is 0 Å². The van der Waals surface area contributed by atoms with E-state index in [4.69, 9.17) is 0 Å². The summed E-state index contributed by atoms with van der Waals surface area (Å²) in [5.41, 5.74) is 1.40. The van der Waals surface area contributed by atoms with Crippen LogP contribution in [-0.4, -0.2) is 17.5 Å². The third-order valence-corrected chi connectivity index (χ3v) is 9.10. The van der Waals surface area contributed by atoms with Crippen molar-refractivity contribution in [1.29, 1.82) is 0 Å². The van der Waals surface area contributed by atoms with Crippen molar-refractivity contribution in [2.24, 2.45) is 40.4 Å². The van der Waals surface area contributed by atoms with Gasteiger partial charge in [-0.1, -0.05) is 33.3 Å². The van der Waals surface area contributed by atoms with Crippen molar-refractivity contribution in [1.82, 2.24) is 0 Å². The Morgan fingerprint density at radius 1 is 1.12 bits per heavy atom. The molecule has 4 aliphatic carbocycles. The molecule has 0 aromatic heterocycles. The minimum absolute atomic E-state index is 0.0718. The summed E-state index contributed by atoms with van der Waals surface area (Å²) in [5, 5.41) is 9.63. The second-order valence-corrected chi connectivity index (χ2v) is 9.70. The van der Waals surface area contributed by atoms with Crippen LogP contribution >= 0.6 is 0 Å². The molecule has 2 nitrogen and oxygen atoms in total. The standard InChI is InChI=1S/C22H34O2/c1-4-15-6-8-18-17-7-5-16-11-20(24)14(13-23)12-22(16,3)19(17)9-10-21(15,18)2/h12,15-19,23H,4-11,13H2,1-3H3/t15-,16-,17-,18-,19-,21+,22-/m0/s1. The lowest BCUT2D eigenvalue weighted by Crippen LogP contribution is -2.52. The molecular weight excluding hydrogens is 296 g/mol. The van der Waals surface area contributed by atoms with Crippen molar-refractivity contribution in [2.75, 3.05) is 6.61 Å². The van der Waals surface area contributed by atoms with Crippen molar-refractivity contribution in [2.45, 2.75) is 72.1 Å². The summed E-state index contributed by atoms with van der Waals surface area (Å²) in [5.74, 6) is 4.08. The van der Waals surface area contributed by atoms with Gasteiger partial charge in [-0.25, -0.2) is 0 Å². The van der Waals surface area contributed by atoms with E-state index in [2.05, 4.69) is 26.8 Å². The summed E-state index contributed by atoms with van der Waals surface area (Å²) < 4.78 is 0. The van der Waals surface area contributed by atoms with Crippen LogP contribution in [0.4, 0.5) is 0 Å². The molecule has 3 saturated carbocycles. The van der Waals surface area contributed by atoms with E-state index in [1.807, 2.05) is 0 Å². The van der Waals surface area contributed by atoms with Gasteiger partial charge < -0.3 is 5.11 Å². The van der Waals surface area contributed by atoms with Crippen LogP contribution in [0.5, 0.6) is 0 Å². The largest absolute Gasteiger partial charge is 0.392 e. The molecule has 3 fully saturated rings. The second kappa shape index (κ2) is 5.69. The first-order valence-electron chi connectivity index (χ1n) is 10.3. The lowest BCUT2D eigenvalue weighted by molar-refractivity contribution is -0.124. The van der Waals surface area contributed by atoms with E-state index in [0.29, 0.717) is 23.3 Å². The molecule has 1 N–H and O–H groups in total. The first-order valence-corrected chi connectivity index (χ1v) is 10.3. The van der Waals surface area contributed by atoms with Gasteiger partial charge in [0.2, 0.25) is 0 Å². The summed E-state index contributed by atoms with van der Waals surface area (Å²) in [7, 11) is 0. The number of carbonyl (C=O) groups is 1. The zero-order valence-corrected chi connectivity index (χ0v) is 15.7. The normalized spacial score (nSPS) is 50.8. The highest BCUT2D eigenvalue weighted by atomic mass is 16.3. The average molecular weight is 331 g/mol. The van der Waals surface area contributed by atoms with Crippen LogP contribution in [0.3, 0.4) is 0 Å². The van der Waals surface area contributed by atoms with Gasteiger partial charge in [0.1, 0.15) is 0 Å². The highest BCUT2D eigenvalue weighted by Crippen LogP contribution is 2.67. The Kier molecular flexibility index (Phi) is 3.99. The third kappa shape index (κ3) is 2.14. The van der Waals surface area contributed by atoms with Crippen molar-refractivity contribution in [3.05, 3.63) is 11.6 Å². The smallest absolute Gasteiger partial charge is 0.161 e. The van der Waals surface area contributed by atoms with Crippen LogP contribution in [0.25, 0.3) is 0 Å². The molecule has 7 atom stereocenters. The highest BCUT2D eigenvalue weighted by molar-refractivity contribution is 5.96. The van der Waals surface area contributed by atoms with Crippen LogP contribution in [0.1, 0.15) is 72.1 Å². The molecule has 24 heavy (non-hydrogen) atoms. The monoisotopic (exact) mass is 330 g/mol. The Morgan fingerprint density at radius 3 is 2.62 bits per heavy atom. The number of allylic oxidation sites excluding steroid dienone is 1. The summed E-state index contributed by atoms with van der Waals surface area (Å²) in [4.78, 5) is 12.3. The van der Waals surface area contributed by atoms with Crippen LogP contribution in [0.15, 0.2) is 11.6 Å². The molecule has 0 bridgehead atoms. The molecule has 0 saturated heterocycles. The average Bonchev–Trinajstić information content (AvgIpc) is 2.91. The Morgan fingerprint density at radius 2 is 1.92 bits per heavy atom. The van der Waals surface area contributed by atoms with E-state index in [1.54, 1.807) is 0 Å². The molecule has 134 valence electrons. The summed E-state index contributed by atoms with van der Waals surface area (Å²) in [6.07, 6.45) is 12.3. The fourth-order valence-electron chi connectivity index (χ4n) is 7.74. The van der Waals surface area contributed by atoms with Crippen molar-refractivity contribution in [3.8, 4) is 0 Å². The van der Waals surface area contributed by atoms with Gasteiger partial charge in [-0.15, -0.1) is 0 Å². The summed E-state index contributed by atoms with van der Waals surface area (Å²) in [6.45, 7) is 7.30. The molecule has 0 radical (unpaired) electrons. The molecular formula is C22H34O2. The summed E-state index contributed by atoms with van der Waals surface area (Å²) >= 11 is 0. The topological polar surface area (TPSA) is 37.3 Å².